The maximum Gasteiger partial charge on any atom is 4.00 e. The monoisotopic (exact) mass is 804 g/mol. The summed E-state index contributed by atoms with van der Waals surface area (Å²) in [7, 11) is -1.91. The second-order valence-electron chi connectivity index (χ2n) is 9.25. The molecule has 0 N–H and O–H groups in total. The van der Waals surface area contributed by atoms with E-state index in [1.54, 1.807) is 0 Å². The van der Waals surface area contributed by atoms with E-state index in [1.807, 2.05) is 91.0 Å². The molecule has 4 heteroatoms. The summed E-state index contributed by atoms with van der Waals surface area (Å²) < 4.78 is 0. The molecule has 0 fully saturated rings. The molecule has 0 unspecified atom stereocenters. The molecule has 0 atom stereocenters. The topological polar surface area (TPSA) is 0 Å². The predicted octanol–water partition coefficient (Wildman–Crippen LogP) is 2.39. The van der Waals surface area contributed by atoms with Crippen LogP contribution in [0.25, 0.3) is 0 Å². The quantitative estimate of drug-likeness (QED) is 0.146. The van der Waals surface area contributed by atoms with Crippen LogP contribution in [-0.4, -0.2) is 23.9 Å². The fourth-order valence-electron chi connectivity index (χ4n) is 4.53. The molecule has 0 radical (unpaired) electrons. The van der Waals surface area contributed by atoms with Gasteiger partial charge in [0.05, 0.1) is 0 Å². The van der Waals surface area contributed by atoms with Gasteiger partial charge in [-0.2, -0.15) is 109 Å². The van der Waals surface area contributed by atoms with Crippen molar-refractivity contribution in [2.75, 3.05) is 0 Å². The van der Waals surface area contributed by atoms with Crippen molar-refractivity contribution >= 4 is 52.4 Å². The average Bonchev–Trinajstić information content (AvgIpc) is 3.14. The van der Waals surface area contributed by atoms with Gasteiger partial charge < -0.3 is 29.4 Å². The third-order valence-corrected chi connectivity index (χ3v) is 10.7. The van der Waals surface area contributed by atoms with Crippen LogP contribution in [-0.2, 0) is 0 Å². The Morgan fingerprint density at radius 3 is 0.587 bits per heavy atom. The number of rotatable bonds is 4. The molecule has 0 aliphatic heterocycles. The number of hydrogen-bond acceptors (Lipinski definition) is 0. The first kappa shape index (κ1) is 40.6. The molecule has 0 nitrogen and oxygen atoms in total. The summed E-state index contributed by atoms with van der Waals surface area (Å²) in [5.41, 5.74) is 0. The summed E-state index contributed by atoms with van der Waals surface area (Å²) in [4.78, 5) is 0. The number of halogens is 2. The molecular weight excluding hydrogens is 770 g/mol. The maximum absolute atomic E-state index is 2.89. The fraction of sp³-hybridized carbons (Fsp3) is 0. The van der Waals surface area contributed by atoms with Gasteiger partial charge in [0.2, 0.25) is 0 Å². The number of hydrogen-bond donors (Lipinski definition) is 0. The zero-order valence-corrected chi connectivity index (χ0v) is 31.5. The minimum absolute atomic E-state index is 0. The first-order chi connectivity index (χ1) is 21.4. The van der Waals surface area contributed by atoms with Gasteiger partial charge in [0.25, 0.3) is 0 Å². The van der Waals surface area contributed by atoms with Gasteiger partial charge in [-0.25, -0.2) is 0 Å². The second kappa shape index (κ2) is 24.7. The zero-order valence-electron chi connectivity index (χ0n) is 25.4. The first-order valence-electron chi connectivity index (χ1n) is 14.3. The molecule has 0 aliphatic rings. The van der Waals surface area contributed by atoms with Gasteiger partial charge in [0, 0.05) is 0 Å². The van der Waals surface area contributed by atoms with Crippen molar-refractivity contribution in [1.29, 1.82) is 0 Å². The van der Waals surface area contributed by atoms with Gasteiger partial charge in [-0.1, -0.05) is 72.8 Å². The van der Waals surface area contributed by atoms with E-state index in [4.69, 9.17) is 0 Å². The Labute approximate surface area is 310 Å². The van der Waals surface area contributed by atoms with Crippen molar-refractivity contribution in [3.05, 3.63) is 231 Å². The van der Waals surface area contributed by atoms with Crippen LogP contribution in [0.4, 0.5) is 0 Å². The Morgan fingerprint density at radius 2 is 0.457 bits per heavy atom. The molecule has 0 amide bonds. The van der Waals surface area contributed by atoms with E-state index in [0.717, 1.165) is 0 Å². The Bertz CT molecular complexity index is 1310. The average molecular weight is 805 g/mol. The van der Waals surface area contributed by atoms with Crippen LogP contribution in [0.5, 0.6) is 0 Å². The first-order valence-corrected chi connectivity index (χ1v) is 16.1. The van der Waals surface area contributed by atoms with E-state index < -0.39 is 7.26 Å². The van der Waals surface area contributed by atoms with Crippen molar-refractivity contribution in [2.45, 2.75) is 0 Å². The van der Waals surface area contributed by atoms with E-state index in [2.05, 4.69) is 140 Å². The molecule has 7 aromatic carbocycles. The Hall–Kier alpha value is -3.46. The smallest absolute Gasteiger partial charge is 1.00 e. The van der Waals surface area contributed by atoms with Gasteiger partial charge >= 0.3 is 23.9 Å². The standard InChI is InChI=1S/C24H20P.3C6H5.BrH.ClH.Sn/c1-5-13-21(14-6-1)25(22-15-7-2-8-16-22,23-17-9-3-10-18-23)24-19-11-4-12-20-24;3*1-2-4-6-5-3-1;;;/h1-20H;3*1-5H;2*1H;/q+1;3*-1;;;+4/p-2. The van der Waals surface area contributed by atoms with Crippen molar-refractivity contribution in [3.8, 4) is 0 Å². The Kier molecular flexibility index (Phi) is 21.8. The van der Waals surface area contributed by atoms with Gasteiger partial charge in [0.1, 0.15) is 28.5 Å². The third kappa shape index (κ3) is 12.7. The Morgan fingerprint density at radius 1 is 0.283 bits per heavy atom. The van der Waals surface area contributed by atoms with Gasteiger partial charge in [-0.3, -0.25) is 0 Å². The van der Waals surface area contributed by atoms with Crippen LogP contribution in [0, 0.1) is 18.2 Å². The van der Waals surface area contributed by atoms with Crippen LogP contribution in [0.3, 0.4) is 0 Å². The molecule has 0 saturated heterocycles. The zero-order chi connectivity index (χ0) is 29.7. The van der Waals surface area contributed by atoms with Crippen molar-refractivity contribution in [2.24, 2.45) is 0 Å². The van der Waals surface area contributed by atoms with Crippen LogP contribution in [0.1, 0.15) is 0 Å². The van der Waals surface area contributed by atoms with Crippen LogP contribution < -0.4 is 50.6 Å². The fourth-order valence-corrected chi connectivity index (χ4v) is 8.79. The van der Waals surface area contributed by atoms with Crippen molar-refractivity contribution in [3.63, 3.8) is 0 Å². The van der Waals surface area contributed by atoms with Gasteiger partial charge in [-0.15, -0.1) is 0 Å². The van der Waals surface area contributed by atoms with Crippen molar-refractivity contribution < 1.29 is 29.4 Å². The molecule has 0 heterocycles. The van der Waals surface area contributed by atoms with E-state index in [9.17, 15) is 0 Å². The molecule has 226 valence electrons. The molecule has 0 aromatic heterocycles. The van der Waals surface area contributed by atoms with Gasteiger partial charge in [-0.05, 0) is 48.5 Å². The predicted molar refractivity (Wildman–Crippen MR) is 193 cm³/mol. The van der Waals surface area contributed by atoms with Gasteiger partial charge in [0.15, 0.2) is 0 Å². The van der Waals surface area contributed by atoms with Crippen LogP contribution in [0.15, 0.2) is 212 Å². The van der Waals surface area contributed by atoms with E-state index in [0.29, 0.717) is 0 Å². The minimum atomic E-state index is -1.91. The maximum atomic E-state index is 2.89. The summed E-state index contributed by atoms with van der Waals surface area (Å²) in [6, 6.07) is 81.3. The van der Waals surface area contributed by atoms with E-state index in [-0.39, 0.29) is 53.3 Å². The van der Waals surface area contributed by atoms with E-state index in [1.165, 1.54) is 21.2 Å². The molecule has 0 saturated carbocycles. The number of benzene rings is 7. The summed E-state index contributed by atoms with van der Waals surface area (Å²) in [5, 5.41) is 5.55. The summed E-state index contributed by atoms with van der Waals surface area (Å²) in [5.74, 6) is 0. The molecule has 0 bridgehead atoms. The summed E-state index contributed by atoms with van der Waals surface area (Å²) >= 11 is 0. The molecule has 0 aliphatic carbocycles. The second-order valence-corrected chi connectivity index (χ2v) is 12.7. The third-order valence-electron chi connectivity index (χ3n) is 6.40. The molecular formula is C42H35BrClPSn. The normalized spacial score (nSPS) is 9.22. The Balaban J connectivity index is 0.000000410. The minimum Gasteiger partial charge on any atom is -1.00 e. The van der Waals surface area contributed by atoms with Crippen molar-refractivity contribution in [1.82, 2.24) is 0 Å². The SMILES string of the molecule is [Br-].[Cl-].[Sn+4].[c-]1ccccc1.[c-]1ccccc1.[c-]1ccccc1.c1ccc([P+](c2ccccc2)(c2ccccc2)c2ccccc2)cc1. The van der Waals surface area contributed by atoms with Crippen LogP contribution >= 0.6 is 7.26 Å². The summed E-state index contributed by atoms with van der Waals surface area (Å²) in [6.07, 6.45) is 0. The molecule has 7 rings (SSSR count). The molecule has 0 spiro atoms. The molecule has 7 aromatic rings. The molecule has 46 heavy (non-hydrogen) atoms. The van der Waals surface area contributed by atoms with E-state index >= 15 is 0 Å². The largest absolute Gasteiger partial charge is 4.00 e. The summed E-state index contributed by atoms with van der Waals surface area (Å²) in [6.45, 7) is 0. The van der Waals surface area contributed by atoms with Crippen LogP contribution in [0.2, 0.25) is 0 Å².